The van der Waals surface area contributed by atoms with Crippen LogP contribution in [0, 0.1) is 10.1 Å². The maximum absolute atomic E-state index is 10.5. The summed E-state index contributed by atoms with van der Waals surface area (Å²) in [4.78, 5) is 20.5. The summed E-state index contributed by atoms with van der Waals surface area (Å²) in [7, 11) is 0. The van der Waals surface area contributed by atoms with Gasteiger partial charge < -0.3 is 5.11 Å². The first-order chi connectivity index (χ1) is 8.56. The summed E-state index contributed by atoms with van der Waals surface area (Å²) in [5, 5.41) is 25.7. The number of H-pyrrole nitrogens is 1. The van der Waals surface area contributed by atoms with E-state index in [0.717, 1.165) is 0 Å². The highest BCUT2D eigenvalue weighted by molar-refractivity contribution is 5.70. The van der Waals surface area contributed by atoms with Crippen LogP contribution >= 0.6 is 0 Å². The van der Waals surface area contributed by atoms with E-state index in [0.29, 0.717) is 17.0 Å². The number of hydrogen-bond acceptors (Lipinski definition) is 4. The molecule has 0 aliphatic rings. The normalized spacial score (nSPS) is 10.2. The number of nitro groups is 1. The van der Waals surface area contributed by atoms with E-state index >= 15 is 0 Å². The third-order valence-electron chi connectivity index (χ3n) is 2.35. The lowest BCUT2D eigenvalue weighted by Crippen LogP contribution is -1.99. The highest BCUT2D eigenvalue weighted by Gasteiger charge is 2.09. The molecule has 2 aromatic rings. The van der Waals surface area contributed by atoms with Gasteiger partial charge in [0, 0.05) is 23.4 Å². The van der Waals surface area contributed by atoms with Crippen LogP contribution in [0.2, 0.25) is 0 Å². The van der Waals surface area contributed by atoms with E-state index in [9.17, 15) is 14.9 Å². The number of aromatic amines is 1. The van der Waals surface area contributed by atoms with Crippen LogP contribution in [0.5, 0.6) is 0 Å². The first kappa shape index (κ1) is 11.8. The van der Waals surface area contributed by atoms with Gasteiger partial charge in [0.15, 0.2) is 0 Å². The summed E-state index contributed by atoms with van der Waals surface area (Å²) in [6.07, 6.45) is -0.139. The Morgan fingerprint density at radius 1 is 1.39 bits per heavy atom. The molecule has 0 saturated heterocycles. The number of rotatable bonds is 4. The lowest BCUT2D eigenvalue weighted by atomic mass is 10.1. The number of nitro benzene ring substituents is 1. The third kappa shape index (κ3) is 2.51. The van der Waals surface area contributed by atoms with Crippen LogP contribution in [0.3, 0.4) is 0 Å². The summed E-state index contributed by atoms with van der Waals surface area (Å²) in [6.45, 7) is 0. The highest BCUT2D eigenvalue weighted by Crippen LogP contribution is 2.21. The predicted octanol–water partition coefficient (Wildman–Crippen LogP) is 1.61. The molecule has 0 aliphatic heterocycles. The molecular formula is C11H9N3O4. The van der Waals surface area contributed by atoms with Gasteiger partial charge >= 0.3 is 5.97 Å². The largest absolute Gasteiger partial charge is 0.481 e. The zero-order valence-electron chi connectivity index (χ0n) is 9.16. The zero-order valence-corrected chi connectivity index (χ0v) is 9.16. The molecule has 1 heterocycles. The molecule has 18 heavy (non-hydrogen) atoms. The fraction of sp³-hybridized carbons (Fsp3) is 0.0909. The number of aliphatic carboxylic acids is 1. The summed E-state index contributed by atoms with van der Waals surface area (Å²) in [5.41, 5.74) is 1.73. The Labute approximate surface area is 101 Å². The molecule has 0 bridgehead atoms. The van der Waals surface area contributed by atoms with Gasteiger partial charge in [0.05, 0.1) is 17.0 Å². The van der Waals surface area contributed by atoms with Gasteiger partial charge in [-0.15, -0.1) is 0 Å². The standard InChI is InChI=1S/C11H9N3O4/c15-11(16)6-8-5-10(13-12-8)7-1-3-9(4-2-7)14(17)18/h1-5H,6H2,(H,12,13)(H,15,16). The molecule has 0 radical (unpaired) electrons. The minimum absolute atomic E-state index is 0.0000418. The molecular weight excluding hydrogens is 238 g/mol. The Balaban J connectivity index is 2.23. The monoisotopic (exact) mass is 247 g/mol. The molecule has 0 amide bonds. The van der Waals surface area contributed by atoms with E-state index in [1.807, 2.05) is 0 Å². The highest BCUT2D eigenvalue weighted by atomic mass is 16.6. The number of nitrogens with one attached hydrogen (secondary N) is 1. The van der Waals surface area contributed by atoms with E-state index in [4.69, 9.17) is 5.11 Å². The van der Waals surface area contributed by atoms with Gasteiger partial charge in [-0.05, 0) is 18.2 Å². The Kier molecular flexibility index (Phi) is 3.05. The first-order valence-electron chi connectivity index (χ1n) is 5.07. The topological polar surface area (TPSA) is 109 Å². The third-order valence-corrected chi connectivity index (χ3v) is 2.35. The van der Waals surface area contributed by atoms with Crippen LogP contribution in [-0.4, -0.2) is 26.2 Å². The second-order valence-corrected chi connectivity index (χ2v) is 3.65. The van der Waals surface area contributed by atoms with Crippen LogP contribution < -0.4 is 0 Å². The lowest BCUT2D eigenvalue weighted by molar-refractivity contribution is -0.384. The second-order valence-electron chi connectivity index (χ2n) is 3.65. The summed E-state index contributed by atoms with van der Waals surface area (Å²) < 4.78 is 0. The minimum atomic E-state index is -0.950. The van der Waals surface area contributed by atoms with Crippen molar-refractivity contribution in [3.63, 3.8) is 0 Å². The second kappa shape index (κ2) is 4.66. The van der Waals surface area contributed by atoms with E-state index in [2.05, 4.69) is 10.2 Å². The molecule has 2 rings (SSSR count). The maximum Gasteiger partial charge on any atom is 0.309 e. The molecule has 7 nitrogen and oxygen atoms in total. The number of aromatic nitrogens is 2. The van der Waals surface area contributed by atoms with Crippen LogP contribution in [0.1, 0.15) is 5.69 Å². The first-order valence-corrected chi connectivity index (χ1v) is 5.07. The number of carboxylic acid groups (broad SMARTS) is 1. The molecule has 0 spiro atoms. The lowest BCUT2D eigenvalue weighted by Gasteiger charge is -1.95. The van der Waals surface area contributed by atoms with E-state index < -0.39 is 10.9 Å². The van der Waals surface area contributed by atoms with Gasteiger partial charge in [0.2, 0.25) is 0 Å². The average Bonchev–Trinajstić information content (AvgIpc) is 2.76. The molecule has 1 aromatic carbocycles. The summed E-state index contributed by atoms with van der Waals surface area (Å²) >= 11 is 0. The number of hydrogen-bond donors (Lipinski definition) is 2. The smallest absolute Gasteiger partial charge is 0.309 e. The van der Waals surface area contributed by atoms with Crippen molar-refractivity contribution in [2.24, 2.45) is 0 Å². The molecule has 1 aromatic heterocycles. The zero-order chi connectivity index (χ0) is 13.1. The fourth-order valence-electron chi connectivity index (χ4n) is 1.52. The minimum Gasteiger partial charge on any atom is -0.481 e. The molecule has 0 atom stereocenters. The van der Waals surface area contributed by atoms with Crippen molar-refractivity contribution >= 4 is 11.7 Å². The van der Waals surface area contributed by atoms with Crippen molar-refractivity contribution in [1.82, 2.24) is 10.2 Å². The van der Waals surface area contributed by atoms with Crippen LogP contribution in [0.4, 0.5) is 5.69 Å². The molecule has 92 valence electrons. The van der Waals surface area contributed by atoms with Gasteiger partial charge in [-0.2, -0.15) is 5.10 Å². The number of nitrogens with zero attached hydrogens (tertiary/aromatic N) is 2. The van der Waals surface area contributed by atoms with E-state index in [1.165, 1.54) is 12.1 Å². The SMILES string of the molecule is O=C(O)Cc1cc(-c2ccc([N+](=O)[O-])cc2)n[nH]1. The van der Waals surface area contributed by atoms with Gasteiger partial charge in [-0.25, -0.2) is 0 Å². The number of carboxylic acids is 1. The summed E-state index contributed by atoms with van der Waals surface area (Å²) in [6, 6.07) is 7.49. The van der Waals surface area contributed by atoms with Crippen LogP contribution in [0.15, 0.2) is 30.3 Å². The van der Waals surface area contributed by atoms with Gasteiger partial charge in [0.25, 0.3) is 5.69 Å². The summed E-state index contributed by atoms with van der Waals surface area (Å²) in [5.74, 6) is -0.950. The number of carbonyl (C=O) groups is 1. The molecule has 0 fully saturated rings. The van der Waals surface area contributed by atoms with E-state index in [-0.39, 0.29) is 12.1 Å². The van der Waals surface area contributed by atoms with Crippen molar-refractivity contribution in [2.75, 3.05) is 0 Å². The molecule has 7 heteroatoms. The van der Waals surface area contributed by atoms with E-state index in [1.54, 1.807) is 18.2 Å². The molecule has 0 aliphatic carbocycles. The Bertz CT molecular complexity index is 589. The van der Waals surface area contributed by atoms with Gasteiger partial charge in [-0.3, -0.25) is 20.0 Å². The molecule has 2 N–H and O–H groups in total. The Morgan fingerprint density at radius 2 is 2.06 bits per heavy atom. The predicted molar refractivity (Wildman–Crippen MR) is 62.0 cm³/mol. The number of benzene rings is 1. The van der Waals surface area contributed by atoms with Crippen molar-refractivity contribution in [1.29, 1.82) is 0 Å². The Hall–Kier alpha value is -2.70. The average molecular weight is 247 g/mol. The van der Waals surface area contributed by atoms with Crippen molar-refractivity contribution < 1.29 is 14.8 Å². The Morgan fingerprint density at radius 3 is 2.61 bits per heavy atom. The molecule has 0 saturated carbocycles. The number of non-ortho nitro benzene ring substituents is 1. The van der Waals surface area contributed by atoms with Crippen molar-refractivity contribution in [3.8, 4) is 11.3 Å². The van der Waals surface area contributed by atoms with Gasteiger partial charge in [0.1, 0.15) is 0 Å². The van der Waals surface area contributed by atoms with Gasteiger partial charge in [-0.1, -0.05) is 0 Å². The maximum atomic E-state index is 10.5. The van der Waals surface area contributed by atoms with Crippen LogP contribution in [0.25, 0.3) is 11.3 Å². The van der Waals surface area contributed by atoms with Crippen molar-refractivity contribution in [3.05, 3.63) is 46.1 Å². The quantitative estimate of drug-likeness (QED) is 0.630. The molecule has 0 unspecified atom stereocenters. The van der Waals surface area contributed by atoms with Crippen LogP contribution in [-0.2, 0) is 11.2 Å². The fourth-order valence-corrected chi connectivity index (χ4v) is 1.52. The van der Waals surface area contributed by atoms with Crippen molar-refractivity contribution in [2.45, 2.75) is 6.42 Å².